The van der Waals surface area contributed by atoms with Crippen molar-refractivity contribution in [3.8, 4) is 0 Å². The summed E-state index contributed by atoms with van der Waals surface area (Å²) in [5.41, 5.74) is 3.87. The molecular formula is C14H15N7O5. The van der Waals surface area contributed by atoms with Gasteiger partial charge in [-0.1, -0.05) is 11.3 Å². The molecule has 0 atom stereocenters. The van der Waals surface area contributed by atoms with Crippen LogP contribution in [0.2, 0.25) is 0 Å². The Morgan fingerprint density at radius 3 is 2.58 bits per heavy atom. The van der Waals surface area contributed by atoms with Gasteiger partial charge in [-0.2, -0.15) is 0 Å². The highest BCUT2D eigenvalue weighted by atomic mass is 16.6. The molecule has 0 fully saturated rings. The number of non-ortho nitro benzene ring substituents is 1. The number of nitrogens with one attached hydrogen (secondary N) is 2. The molecule has 3 amide bonds. The molecule has 136 valence electrons. The van der Waals surface area contributed by atoms with Crippen LogP contribution in [-0.2, 0) is 11.3 Å². The van der Waals surface area contributed by atoms with E-state index in [1.54, 1.807) is 14.1 Å². The maximum Gasteiger partial charge on any atom is 0.291 e. The minimum Gasteiger partial charge on any atom is -0.347 e. The molecule has 0 aliphatic carbocycles. The Labute approximate surface area is 146 Å². The highest BCUT2D eigenvalue weighted by Gasteiger charge is 2.15. The van der Waals surface area contributed by atoms with E-state index in [9.17, 15) is 24.5 Å². The van der Waals surface area contributed by atoms with Crippen LogP contribution in [0.15, 0.2) is 30.5 Å². The summed E-state index contributed by atoms with van der Waals surface area (Å²) < 4.78 is 1.18. The van der Waals surface area contributed by atoms with Crippen LogP contribution in [0.4, 0.5) is 5.69 Å². The number of nitrogens with zero attached hydrogens (tertiary/aromatic N) is 5. The zero-order valence-electron chi connectivity index (χ0n) is 13.9. The number of rotatable bonds is 5. The van der Waals surface area contributed by atoms with Gasteiger partial charge in [-0.05, 0) is 6.07 Å². The lowest BCUT2D eigenvalue weighted by Crippen LogP contribution is -2.41. The fraction of sp³-hybridized carbons (Fsp3) is 0.214. The number of hydrogen-bond acceptors (Lipinski definition) is 7. The van der Waals surface area contributed by atoms with Gasteiger partial charge in [0.2, 0.25) is 5.91 Å². The van der Waals surface area contributed by atoms with Gasteiger partial charge in [-0.15, -0.1) is 5.10 Å². The molecule has 0 unspecified atom stereocenters. The van der Waals surface area contributed by atoms with Gasteiger partial charge < -0.3 is 4.90 Å². The monoisotopic (exact) mass is 361 g/mol. The Hall–Kier alpha value is -3.83. The number of hydrazine groups is 1. The van der Waals surface area contributed by atoms with Crippen LogP contribution >= 0.6 is 0 Å². The molecule has 2 rings (SSSR count). The third kappa shape index (κ3) is 4.59. The third-order valence-electron chi connectivity index (χ3n) is 3.18. The molecule has 12 nitrogen and oxygen atoms in total. The Kier molecular flexibility index (Phi) is 5.57. The highest BCUT2D eigenvalue weighted by molar-refractivity contribution is 5.98. The Bertz CT molecular complexity index is 861. The van der Waals surface area contributed by atoms with Crippen molar-refractivity contribution >= 4 is 23.4 Å². The van der Waals surface area contributed by atoms with E-state index in [1.165, 1.54) is 34.0 Å². The summed E-state index contributed by atoms with van der Waals surface area (Å²) >= 11 is 0. The first kappa shape index (κ1) is 18.5. The van der Waals surface area contributed by atoms with Gasteiger partial charge >= 0.3 is 0 Å². The van der Waals surface area contributed by atoms with E-state index >= 15 is 0 Å². The molecule has 1 aromatic heterocycles. The molecule has 0 aliphatic rings. The number of hydrogen-bond donors (Lipinski definition) is 2. The first-order valence-electron chi connectivity index (χ1n) is 7.23. The molecule has 0 spiro atoms. The molecule has 0 saturated carbocycles. The lowest BCUT2D eigenvalue weighted by Gasteiger charge is -2.08. The number of aromatic nitrogens is 3. The van der Waals surface area contributed by atoms with Gasteiger partial charge in [0.05, 0.1) is 11.1 Å². The van der Waals surface area contributed by atoms with Gasteiger partial charge in [0, 0.05) is 31.8 Å². The molecule has 0 bridgehead atoms. The average Bonchev–Trinajstić information content (AvgIpc) is 3.07. The van der Waals surface area contributed by atoms with E-state index in [-0.39, 0.29) is 29.4 Å². The van der Waals surface area contributed by atoms with Crippen LogP contribution in [0.25, 0.3) is 0 Å². The van der Waals surface area contributed by atoms with Crippen LogP contribution < -0.4 is 10.9 Å². The average molecular weight is 361 g/mol. The molecule has 12 heteroatoms. The van der Waals surface area contributed by atoms with Crippen molar-refractivity contribution in [1.82, 2.24) is 30.7 Å². The van der Waals surface area contributed by atoms with Crippen molar-refractivity contribution in [2.45, 2.75) is 6.54 Å². The first-order valence-corrected chi connectivity index (χ1v) is 7.23. The van der Waals surface area contributed by atoms with E-state index in [4.69, 9.17) is 0 Å². The summed E-state index contributed by atoms with van der Waals surface area (Å²) in [5, 5.41) is 18.0. The van der Waals surface area contributed by atoms with Crippen molar-refractivity contribution in [3.63, 3.8) is 0 Å². The lowest BCUT2D eigenvalue weighted by atomic mass is 10.2. The van der Waals surface area contributed by atoms with Crippen LogP contribution in [0.5, 0.6) is 0 Å². The molecular weight excluding hydrogens is 346 g/mol. The zero-order chi connectivity index (χ0) is 19.3. The summed E-state index contributed by atoms with van der Waals surface area (Å²) in [4.78, 5) is 46.9. The minimum absolute atomic E-state index is 0.000246. The van der Waals surface area contributed by atoms with Crippen molar-refractivity contribution in [2.24, 2.45) is 0 Å². The summed E-state index contributed by atoms with van der Waals surface area (Å²) in [6.07, 6.45) is 1.25. The standard InChI is InChI=1S/C14H15N7O5/c1-19(2)12(22)8-20-7-11(15-18-20)14(24)17-16-13(23)9-4-3-5-10(6-9)21(25)26/h3-7H,8H2,1-2H3,(H,16,23)(H,17,24). The number of amides is 3. The Morgan fingerprint density at radius 1 is 1.23 bits per heavy atom. The SMILES string of the molecule is CN(C)C(=O)Cn1cc(C(=O)NNC(=O)c2cccc([N+](=O)[O-])c2)nn1. The van der Waals surface area contributed by atoms with Gasteiger partial charge in [-0.25, -0.2) is 4.68 Å². The molecule has 0 saturated heterocycles. The second-order valence-corrected chi connectivity index (χ2v) is 5.31. The summed E-state index contributed by atoms with van der Waals surface area (Å²) in [5.74, 6) is -1.73. The van der Waals surface area contributed by atoms with E-state index in [1.807, 2.05) is 0 Å². The van der Waals surface area contributed by atoms with Crippen LogP contribution in [0, 0.1) is 10.1 Å². The van der Waals surface area contributed by atoms with Gasteiger partial charge in [0.25, 0.3) is 17.5 Å². The Morgan fingerprint density at radius 2 is 1.92 bits per heavy atom. The number of carbonyl (C=O) groups is 3. The smallest absolute Gasteiger partial charge is 0.291 e. The second kappa shape index (κ2) is 7.83. The number of likely N-dealkylation sites (N-methyl/N-ethyl adjacent to an activating group) is 1. The second-order valence-electron chi connectivity index (χ2n) is 5.31. The van der Waals surface area contributed by atoms with Crippen molar-refractivity contribution < 1.29 is 19.3 Å². The maximum absolute atomic E-state index is 11.9. The number of nitro groups is 1. The summed E-state index contributed by atoms with van der Waals surface area (Å²) in [7, 11) is 3.16. The Balaban J connectivity index is 1.95. The molecule has 0 radical (unpaired) electrons. The topological polar surface area (TPSA) is 152 Å². The molecule has 26 heavy (non-hydrogen) atoms. The first-order chi connectivity index (χ1) is 12.3. The van der Waals surface area contributed by atoms with Gasteiger partial charge in [0.15, 0.2) is 5.69 Å². The summed E-state index contributed by atoms with van der Waals surface area (Å²) in [6.45, 7) is -0.0900. The third-order valence-corrected chi connectivity index (χ3v) is 3.18. The predicted octanol–water partition coefficient (Wildman–Crippen LogP) is -0.651. The van der Waals surface area contributed by atoms with Crippen molar-refractivity contribution in [2.75, 3.05) is 14.1 Å². The van der Waals surface area contributed by atoms with E-state index in [2.05, 4.69) is 21.2 Å². The molecule has 2 aromatic rings. The van der Waals surface area contributed by atoms with Crippen LogP contribution in [0.3, 0.4) is 0 Å². The minimum atomic E-state index is -0.757. The normalized spacial score (nSPS) is 10.1. The number of benzene rings is 1. The number of carbonyl (C=O) groups excluding carboxylic acids is 3. The fourth-order valence-electron chi connectivity index (χ4n) is 1.77. The van der Waals surface area contributed by atoms with E-state index < -0.39 is 16.7 Å². The van der Waals surface area contributed by atoms with Crippen molar-refractivity contribution in [3.05, 3.63) is 51.8 Å². The molecule has 1 heterocycles. The predicted molar refractivity (Wildman–Crippen MR) is 86.7 cm³/mol. The molecule has 2 N–H and O–H groups in total. The van der Waals surface area contributed by atoms with E-state index in [0.29, 0.717) is 0 Å². The zero-order valence-corrected chi connectivity index (χ0v) is 13.9. The lowest BCUT2D eigenvalue weighted by molar-refractivity contribution is -0.384. The van der Waals surface area contributed by atoms with Crippen LogP contribution in [-0.4, -0.2) is 56.6 Å². The highest BCUT2D eigenvalue weighted by Crippen LogP contribution is 2.12. The van der Waals surface area contributed by atoms with Crippen molar-refractivity contribution in [1.29, 1.82) is 0 Å². The molecule has 0 aliphatic heterocycles. The van der Waals surface area contributed by atoms with Gasteiger partial charge in [-0.3, -0.25) is 35.3 Å². The van der Waals surface area contributed by atoms with Crippen LogP contribution in [0.1, 0.15) is 20.8 Å². The summed E-state index contributed by atoms with van der Waals surface area (Å²) in [6, 6.07) is 5.02. The maximum atomic E-state index is 11.9. The van der Waals surface area contributed by atoms with E-state index in [0.717, 1.165) is 6.07 Å². The molecule has 1 aromatic carbocycles. The quantitative estimate of drug-likeness (QED) is 0.530. The number of nitro benzene ring substituents is 1. The van der Waals surface area contributed by atoms with Gasteiger partial charge in [0.1, 0.15) is 6.54 Å². The fourth-order valence-corrected chi connectivity index (χ4v) is 1.77. The largest absolute Gasteiger partial charge is 0.347 e.